The van der Waals surface area contributed by atoms with Crippen molar-refractivity contribution < 1.29 is 27.9 Å². The number of likely N-dealkylation sites (tertiary alicyclic amines) is 1. The lowest BCUT2D eigenvalue weighted by Gasteiger charge is -2.18. The van der Waals surface area contributed by atoms with Crippen molar-refractivity contribution in [3.05, 3.63) is 42.1 Å². The Morgan fingerprint density at radius 3 is 2.56 bits per heavy atom. The number of aliphatic carboxylic acids is 1. The van der Waals surface area contributed by atoms with E-state index in [0.29, 0.717) is 11.1 Å². The number of carbonyl (C=O) groups is 2. The highest BCUT2D eigenvalue weighted by molar-refractivity contribution is 5.88. The average Bonchev–Trinajstić information content (AvgIpc) is 3.01. The fourth-order valence-electron chi connectivity index (χ4n) is 3.17. The van der Waals surface area contributed by atoms with E-state index in [4.69, 9.17) is 5.11 Å². The Morgan fingerprint density at radius 2 is 1.92 bits per heavy atom. The first-order valence-electron chi connectivity index (χ1n) is 7.67. The number of hydrogen-bond donors (Lipinski definition) is 1. The molecule has 1 aromatic heterocycles. The Hall–Kier alpha value is -2.64. The van der Waals surface area contributed by atoms with Crippen molar-refractivity contribution in [2.45, 2.75) is 12.6 Å². The minimum atomic E-state index is -4.65. The largest absolute Gasteiger partial charge is 0.481 e. The van der Waals surface area contributed by atoms with E-state index in [0.717, 1.165) is 10.3 Å². The highest BCUT2D eigenvalue weighted by Crippen LogP contribution is 2.38. The number of para-hydroxylation sites is 1. The Morgan fingerprint density at radius 1 is 1.20 bits per heavy atom. The van der Waals surface area contributed by atoms with E-state index in [2.05, 4.69) is 4.98 Å². The van der Waals surface area contributed by atoms with E-state index in [9.17, 15) is 22.8 Å². The van der Waals surface area contributed by atoms with E-state index in [1.165, 1.54) is 0 Å². The molecule has 1 aliphatic heterocycles. The van der Waals surface area contributed by atoms with Crippen LogP contribution >= 0.6 is 0 Å². The maximum atomic E-state index is 13.0. The van der Waals surface area contributed by atoms with Gasteiger partial charge in [-0.25, -0.2) is 0 Å². The van der Waals surface area contributed by atoms with Gasteiger partial charge < -0.3 is 10.0 Å². The van der Waals surface area contributed by atoms with Crippen molar-refractivity contribution in [2.75, 3.05) is 13.1 Å². The fourth-order valence-corrected chi connectivity index (χ4v) is 3.17. The molecule has 2 heterocycles. The topological polar surface area (TPSA) is 70.5 Å². The third kappa shape index (κ3) is 3.42. The number of benzene rings is 1. The van der Waals surface area contributed by atoms with Gasteiger partial charge >= 0.3 is 12.1 Å². The third-order valence-corrected chi connectivity index (χ3v) is 4.47. The highest BCUT2D eigenvalue weighted by atomic mass is 19.4. The molecule has 25 heavy (non-hydrogen) atoms. The van der Waals surface area contributed by atoms with Gasteiger partial charge in [-0.15, -0.1) is 0 Å². The lowest BCUT2D eigenvalue weighted by atomic mass is 9.96. The Kier molecular flexibility index (Phi) is 4.36. The number of nitrogens with zero attached hydrogens (tertiary/aromatic N) is 2. The molecule has 132 valence electrons. The molecule has 0 unspecified atom stereocenters. The number of amides is 1. The maximum Gasteiger partial charge on any atom is 0.394 e. The summed E-state index contributed by atoms with van der Waals surface area (Å²) in [5.41, 5.74) is 1.21. The second kappa shape index (κ2) is 6.34. The number of alkyl halides is 3. The SMILES string of the molecule is O=C(O)[C@@H]1CN(C(=O)Cc2cccc3cccnc23)C[C@H]1C(F)(F)F. The molecule has 0 bridgehead atoms. The highest BCUT2D eigenvalue weighted by Gasteiger charge is 2.53. The summed E-state index contributed by atoms with van der Waals surface area (Å²) in [6.07, 6.45) is -3.20. The minimum Gasteiger partial charge on any atom is -0.481 e. The molecule has 1 amide bonds. The van der Waals surface area contributed by atoms with Crippen LogP contribution in [0.5, 0.6) is 0 Å². The number of carboxylic acid groups (broad SMARTS) is 1. The van der Waals surface area contributed by atoms with Gasteiger partial charge in [0, 0.05) is 24.7 Å². The van der Waals surface area contributed by atoms with Crippen LogP contribution in [0.1, 0.15) is 5.56 Å². The van der Waals surface area contributed by atoms with Crippen LogP contribution in [0.25, 0.3) is 10.9 Å². The summed E-state index contributed by atoms with van der Waals surface area (Å²) in [5, 5.41) is 9.85. The lowest BCUT2D eigenvalue weighted by molar-refractivity contribution is -0.188. The zero-order valence-corrected chi connectivity index (χ0v) is 13.0. The molecule has 8 heteroatoms. The van der Waals surface area contributed by atoms with Crippen LogP contribution in [0.15, 0.2) is 36.5 Å². The van der Waals surface area contributed by atoms with E-state index in [-0.39, 0.29) is 6.42 Å². The first-order chi connectivity index (χ1) is 11.8. The number of carboxylic acids is 1. The molecule has 1 aromatic carbocycles. The molecule has 3 rings (SSSR count). The Labute approximate surface area is 141 Å². The van der Waals surface area contributed by atoms with E-state index in [1.807, 2.05) is 12.1 Å². The predicted octanol–water partition coefficient (Wildman–Crippen LogP) is 2.50. The maximum absolute atomic E-state index is 13.0. The minimum absolute atomic E-state index is 0.120. The standard InChI is InChI=1S/C17H15F3N2O3/c18-17(19,20)13-9-22(8-12(13)16(24)25)14(23)7-11-4-1-3-10-5-2-6-21-15(10)11/h1-6,12-13H,7-9H2,(H,24,25)/t12-,13-/m1/s1. The number of hydrogen-bond acceptors (Lipinski definition) is 3. The molecule has 0 aliphatic carbocycles. The molecule has 2 aromatic rings. The van der Waals surface area contributed by atoms with Crippen molar-refractivity contribution in [1.29, 1.82) is 0 Å². The monoisotopic (exact) mass is 352 g/mol. The van der Waals surface area contributed by atoms with Crippen LogP contribution in [0.4, 0.5) is 13.2 Å². The molecule has 5 nitrogen and oxygen atoms in total. The Bertz CT molecular complexity index is 817. The number of pyridine rings is 1. The van der Waals surface area contributed by atoms with Gasteiger partial charge in [-0.05, 0) is 11.6 Å². The van der Waals surface area contributed by atoms with Gasteiger partial charge in [-0.1, -0.05) is 24.3 Å². The van der Waals surface area contributed by atoms with Crippen molar-refractivity contribution >= 4 is 22.8 Å². The summed E-state index contributed by atoms with van der Waals surface area (Å²) in [6.45, 7) is -1.06. The third-order valence-electron chi connectivity index (χ3n) is 4.47. The zero-order valence-electron chi connectivity index (χ0n) is 13.0. The second-order valence-electron chi connectivity index (χ2n) is 6.06. The number of rotatable bonds is 3. The first kappa shape index (κ1) is 17.2. The molecule has 1 fully saturated rings. The lowest BCUT2D eigenvalue weighted by Crippen LogP contribution is -2.34. The second-order valence-corrected chi connectivity index (χ2v) is 6.06. The van der Waals surface area contributed by atoms with Crippen molar-refractivity contribution in [3.8, 4) is 0 Å². The van der Waals surface area contributed by atoms with Gasteiger partial charge in [0.15, 0.2) is 0 Å². The molecule has 1 saturated heterocycles. The average molecular weight is 352 g/mol. The molecular formula is C17H15F3N2O3. The molecule has 1 N–H and O–H groups in total. The van der Waals surface area contributed by atoms with Crippen LogP contribution in [-0.2, 0) is 16.0 Å². The van der Waals surface area contributed by atoms with E-state index < -0.39 is 43.0 Å². The number of carbonyl (C=O) groups excluding carboxylic acids is 1. The summed E-state index contributed by atoms with van der Waals surface area (Å²) in [6, 6.07) is 8.84. The van der Waals surface area contributed by atoms with Crippen LogP contribution in [0.2, 0.25) is 0 Å². The Balaban J connectivity index is 1.81. The zero-order chi connectivity index (χ0) is 18.2. The number of halogens is 3. The van der Waals surface area contributed by atoms with Crippen molar-refractivity contribution in [2.24, 2.45) is 11.8 Å². The smallest absolute Gasteiger partial charge is 0.394 e. The van der Waals surface area contributed by atoms with Gasteiger partial charge in [-0.2, -0.15) is 13.2 Å². The molecular weight excluding hydrogens is 337 g/mol. The van der Waals surface area contributed by atoms with Crippen LogP contribution in [0.3, 0.4) is 0 Å². The van der Waals surface area contributed by atoms with Crippen LogP contribution in [0, 0.1) is 11.8 Å². The van der Waals surface area contributed by atoms with Crippen molar-refractivity contribution in [1.82, 2.24) is 9.88 Å². The summed E-state index contributed by atoms with van der Waals surface area (Å²) < 4.78 is 39.1. The summed E-state index contributed by atoms with van der Waals surface area (Å²) in [4.78, 5) is 28.7. The van der Waals surface area contributed by atoms with Crippen LogP contribution < -0.4 is 0 Å². The van der Waals surface area contributed by atoms with Crippen LogP contribution in [-0.4, -0.2) is 46.1 Å². The van der Waals surface area contributed by atoms with Crippen molar-refractivity contribution in [3.63, 3.8) is 0 Å². The number of fused-ring (bicyclic) bond motifs is 1. The number of aromatic nitrogens is 1. The quantitative estimate of drug-likeness (QED) is 0.921. The predicted molar refractivity (Wildman–Crippen MR) is 82.7 cm³/mol. The normalized spacial score (nSPS) is 20.8. The molecule has 1 aliphatic rings. The summed E-state index contributed by atoms with van der Waals surface area (Å²) >= 11 is 0. The van der Waals surface area contributed by atoms with Gasteiger partial charge in [0.1, 0.15) is 0 Å². The first-order valence-corrected chi connectivity index (χ1v) is 7.67. The van der Waals surface area contributed by atoms with Gasteiger partial charge in [0.05, 0.1) is 23.8 Å². The summed E-state index contributed by atoms with van der Waals surface area (Å²) in [7, 11) is 0. The molecule has 2 atom stereocenters. The molecule has 0 radical (unpaired) electrons. The molecule has 0 saturated carbocycles. The fraction of sp³-hybridized carbons (Fsp3) is 0.353. The van der Waals surface area contributed by atoms with Gasteiger partial charge in [0.25, 0.3) is 0 Å². The van der Waals surface area contributed by atoms with Gasteiger partial charge in [0.2, 0.25) is 5.91 Å². The van der Waals surface area contributed by atoms with E-state index >= 15 is 0 Å². The van der Waals surface area contributed by atoms with Gasteiger partial charge in [-0.3, -0.25) is 14.6 Å². The molecule has 0 spiro atoms. The summed E-state index contributed by atoms with van der Waals surface area (Å²) in [5.74, 6) is -5.74. The van der Waals surface area contributed by atoms with E-state index in [1.54, 1.807) is 24.4 Å².